The van der Waals surface area contributed by atoms with Gasteiger partial charge >= 0.3 is 0 Å². The Hall–Kier alpha value is -3.26. The maximum atomic E-state index is 13.4. The number of alkyl halides is 2. The molecule has 2 aromatic rings. The average molecular weight is 608 g/mol. The number of amides is 1. The number of piperidine rings is 1. The van der Waals surface area contributed by atoms with Crippen LogP contribution in [0.4, 0.5) is 25.3 Å². The molecular formula is C25H31F2N9O3S2. The van der Waals surface area contributed by atoms with Crippen molar-refractivity contribution in [1.82, 2.24) is 24.7 Å². The van der Waals surface area contributed by atoms with E-state index in [9.17, 15) is 27.3 Å². The lowest BCUT2D eigenvalue weighted by Gasteiger charge is -2.39. The highest BCUT2D eigenvalue weighted by Gasteiger charge is 2.47. The van der Waals surface area contributed by atoms with Crippen molar-refractivity contribution in [2.75, 3.05) is 56.5 Å². The molecule has 2 aliphatic heterocycles. The van der Waals surface area contributed by atoms with Gasteiger partial charge in [0, 0.05) is 49.6 Å². The van der Waals surface area contributed by atoms with E-state index in [1.165, 1.54) is 12.1 Å². The second-order valence-corrected chi connectivity index (χ2v) is 13.3. The molecule has 12 nitrogen and oxygen atoms in total. The van der Waals surface area contributed by atoms with Crippen LogP contribution < -0.4 is 14.9 Å². The minimum atomic E-state index is -4.16. The number of aromatic nitrogens is 2. The van der Waals surface area contributed by atoms with Crippen LogP contribution in [0.1, 0.15) is 42.7 Å². The van der Waals surface area contributed by atoms with Gasteiger partial charge in [-0.2, -0.15) is 9.98 Å². The fourth-order valence-electron chi connectivity index (χ4n) is 5.13. The normalized spacial score (nSPS) is 19.7. The number of carbonyl (C=O) groups is 1. The topological polar surface area (TPSA) is 158 Å². The smallest absolute Gasteiger partial charge is 0.291 e. The van der Waals surface area contributed by atoms with Gasteiger partial charge in [0.25, 0.3) is 6.43 Å². The Morgan fingerprint density at radius 2 is 1.88 bits per heavy atom. The Balaban J connectivity index is 1.43. The summed E-state index contributed by atoms with van der Waals surface area (Å²) in [4.78, 5) is 19.0. The summed E-state index contributed by atoms with van der Waals surface area (Å²) in [6.45, 7) is 3.45. The summed E-state index contributed by atoms with van der Waals surface area (Å²) in [5, 5.41) is 27.2. The molecule has 0 unspecified atom stereocenters. The van der Waals surface area contributed by atoms with Crippen LogP contribution in [-0.2, 0) is 14.8 Å². The molecule has 0 spiro atoms. The van der Waals surface area contributed by atoms with Gasteiger partial charge in [0.15, 0.2) is 5.01 Å². The second kappa shape index (κ2) is 11.6. The highest BCUT2D eigenvalue weighted by atomic mass is 32.2. The molecule has 3 heterocycles. The average Bonchev–Trinajstić information content (AvgIpc) is 3.56. The highest BCUT2D eigenvalue weighted by Crippen LogP contribution is 2.38. The van der Waals surface area contributed by atoms with Crippen molar-refractivity contribution in [2.24, 2.45) is 5.92 Å². The van der Waals surface area contributed by atoms with Crippen LogP contribution in [0.5, 0.6) is 0 Å². The first kappa shape index (κ1) is 29.2. The number of rotatable bonds is 9. The zero-order chi connectivity index (χ0) is 29.4. The predicted molar refractivity (Wildman–Crippen MR) is 149 cm³/mol. The van der Waals surface area contributed by atoms with Crippen molar-refractivity contribution in [3.8, 4) is 6.07 Å². The first-order valence-corrected chi connectivity index (χ1v) is 15.6. The minimum absolute atomic E-state index is 0.00912. The van der Waals surface area contributed by atoms with E-state index >= 15 is 0 Å². The molecule has 3 fully saturated rings. The molecule has 5 rings (SSSR count). The van der Waals surface area contributed by atoms with Gasteiger partial charge in [-0.1, -0.05) is 11.3 Å². The number of hydrogen-bond donors (Lipinski definition) is 3. The maximum absolute atomic E-state index is 13.4. The SMILES string of the molecule is CN1CCC(C(=O)N2CCN(c3cc(S(=O)(=O)NC4(C#N)CC4)cc(Nc4nnc(C(F)F)s4)c3C=N)CC2)CC1. The number of likely N-dealkylation sites (tertiary alicyclic amines) is 1. The summed E-state index contributed by atoms with van der Waals surface area (Å²) in [6, 6.07) is 4.75. The number of nitrogens with zero attached hydrogens (tertiary/aromatic N) is 6. The summed E-state index contributed by atoms with van der Waals surface area (Å²) in [7, 11) is -2.11. The Kier molecular flexibility index (Phi) is 8.24. The molecule has 1 aliphatic carbocycles. The van der Waals surface area contributed by atoms with E-state index < -0.39 is 27.0 Å². The van der Waals surface area contributed by atoms with Crippen LogP contribution in [0.2, 0.25) is 0 Å². The molecule has 220 valence electrons. The number of nitrogens with one attached hydrogen (secondary N) is 3. The van der Waals surface area contributed by atoms with Crippen LogP contribution in [-0.4, -0.2) is 92.4 Å². The number of hydrogen-bond acceptors (Lipinski definition) is 11. The van der Waals surface area contributed by atoms with Gasteiger partial charge in [-0.25, -0.2) is 17.2 Å². The van der Waals surface area contributed by atoms with E-state index in [4.69, 9.17) is 5.41 Å². The lowest BCUT2D eigenvalue weighted by atomic mass is 9.95. The Morgan fingerprint density at radius 1 is 1.20 bits per heavy atom. The summed E-state index contributed by atoms with van der Waals surface area (Å²) < 4.78 is 55.4. The molecule has 0 atom stereocenters. The molecule has 1 amide bonds. The number of nitriles is 1. The van der Waals surface area contributed by atoms with E-state index in [2.05, 4.69) is 25.1 Å². The second-order valence-electron chi connectivity index (χ2n) is 10.6. The fourth-order valence-corrected chi connectivity index (χ4v) is 7.17. The molecule has 1 aromatic carbocycles. The van der Waals surface area contributed by atoms with Crippen molar-refractivity contribution in [1.29, 1.82) is 10.7 Å². The van der Waals surface area contributed by atoms with Crippen LogP contribution >= 0.6 is 11.3 Å². The molecule has 41 heavy (non-hydrogen) atoms. The molecular weight excluding hydrogens is 576 g/mol. The number of benzene rings is 1. The van der Waals surface area contributed by atoms with Crippen LogP contribution in [0.25, 0.3) is 0 Å². The molecule has 0 bridgehead atoms. The number of carbonyl (C=O) groups excluding carboxylic acids is 1. The number of sulfonamides is 1. The van der Waals surface area contributed by atoms with Gasteiger partial charge in [-0.05, 0) is 58.0 Å². The molecule has 1 aromatic heterocycles. The van der Waals surface area contributed by atoms with Gasteiger partial charge in [-0.3, -0.25) is 4.79 Å². The largest absolute Gasteiger partial charge is 0.367 e. The summed E-state index contributed by atoms with van der Waals surface area (Å²) >= 11 is 0.623. The molecule has 1 saturated carbocycles. The molecule has 3 aliphatic rings. The zero-order valence-electron chi connectivity index (χ0n) is 22.4. The van der Waals surface area contributed by atoms with Crippen LogP contribution in [0, 0.1) is 22.7 Å². The van der Waals surface area contributed by atoms with Gasteiger partial charge < -0.3 is 25.4 Å². The predicted octanol–water partition coefficient (Wildman–Crippen LogP) is 2.54. The molecule has 16 heteroatoms. The minimum Gasteiger partial charge on any atom is -0.367 e. The monoisotopic (exact) mass is 607 g/mol. The van der Waals surface area contributed by atoms with E-state index in [0.717, 1.165) is 32.1 Å². The van der Waals surface area contributed by atoms with Crippen LogP contribution in [0.15, 0.2) is 17.0 Å². The summed E-state index contributed by atoms with van der Waals surface area (Å²) in [5.74, 6) is 0.121. The zero-order valence-corrected chi connectivity index (χ0v) is 24.1. The van der Waals surface area contributed by atoms with Crippen molar-refractivity contribution < 1.29 is 22.0 Å². The standard InChI is InChI=1S/C25H31F2N9O3S2/c1-34-6-2-16(3-7-34)23(37)36-10-8-35(9-11-36)20-13-17(41(38,39)33-25(15-29)4-5-25)12-19(18(20)14-28)30-24-32-31-22(40-24)21(26)27/h12-14,16,21,28,33H,2-11H2,1H3,(H,30,32). The third-order valence-electron chi connectivity index (χ3n) is 7.75. The molecule has 2 saturated heterocycles. The van der Waals surface area contributed by atoms with E-state index in [0.29, 0.717) is 61.6 Å². The summed E-state index contributed by atoms with van der Waals surface area (Å²) in [5.41, 5.74) is -0.231. The third-order valence-corrected chi connectivity index (χ3v) is 10.1. The summed E-state index contributed by atoms with van der Waals surface area (Å²) in [6.07, 6.45) is 0.675. The van der Waals surface area contributed by atoms with Gasteiger partial charge in [0.2, 0.25) is 21.1 Å². The third kappa shape index (κ3) is 6.32. The maximum Gasteiger partial charge on any atom is 0.291 e. The lowest BCUT2D eigenvalue weighted by Crippen LogP contribution is -2.51. The Morgan fingerprint density at radius 3 is 2.44 bits per heavy atom. The number of anilines is 3. The lowest BCUT2D eigenvalue weighted by molar-refractivity contribution is -0.137. The van der Waals surface area contributed by atoms with Gasteiger partial charge in [0.05, 0.1) is 16.7 Å². The van der Waals surface area contributed by atoms with Crippen molar-refractivity contribution in [3.05, 3.63) is 22.7 Å². The van der Waals surface area contributed by atoms with E-state index in [1.807, 2.05) is 22.9 Å². The quantitative estimate of drug-likeness (QED) is 0.364. The first-order valence-electron chi connectivity index (χ1n) is 13.3. The van der Waals surface area contributed by atoms with Crippen LogP contribution in [0.3, 0.4) is 0 Å². The fraction of sp³-hybridized carbons (Fsp3) is 0.560. The van der Waals surface area contributed by atoms with Crippen molar-refractivity contribution in [2.45, 2.75) is 42.5 Å². The number of piperazine rings is 1. The van der Waals surface area contributed by atoms with Crippen molar-refractivity contribution in [3.63, 3.8) is 0 Å². The van der Waals surface area contributed by atoms with Gasteiger partial charge in [-0.15, -0.1) is 10.2 Å². The Bertz CT molecular complexity index is 1460. The number of halogens is 2. The Labute approximate surface area is 240 Å². The highest BCUT2D eigenvalue weighted by molar-refractivity contribution is 7.89. The van der Waals surface area contributed by atoms with Crippen molar-refractivity contribution >= 4 is 50.0 Å². The molecule has 0 radical (unpaired) electrons. The molecule has 3 N–H and O–H groups in total. The first-order chi connectivity index (χ1) is 19.5. The van der Waals surface area contributed by atoms with E-state index in [1.54, 1.807) is 0 Å². The van der Waals surface area contributed by atoms with E-state index in [-0.39, 0.29) is 27.5 Å². The van der Waals surface area contributed by atoms with Gasteiger partial charge in [0.1, 0.15) is 5.54 Å².